The maximum atomic E-state index is 12.5. The van der Waals surface area contributed by atoms with Crippen molar-refractivity contribution in [1.82, 2.24) is 0 Å². The zero-order valence-electron chi connectivity index (χ0n) is 11.0. The maximum absolute atomic E-state index is 12.5. The lowest BCUT2D eigenvalue weighted by atomic mass is 10.1. The Balaban J connectivity index is 2.18. The van der Waals surface area contributed by atoms with Crippen molar-refractivity contribution in [3.8, 4) is 0 Å². The number of ketones is 1. The van der Waals surface area contributed by atoms with E-state index in [1.807, 2.05) is 0 Å². The van der Waals surface area contributed by atoms with Gasteiger partial charge in [-0.1, -0.05) is 36.5 Å². The van der Waals surface area contributed by atoms with E-state index in [0.29, 0.717) is 26.6 Å². The van der Waals surface area contributed by atoms with E-state index in [9.17, 15) is 14.4 Å². The summed E-state index contributed by atoms with van der Waals surface area (Å²) in [6.45, 7) is 3.34. The number of carboxylic acids is 1. The highest BCUT2D eigenvalue weighted by Gasteiger charge is 2.38. The number of hydrogen-bond acceptors (Lipinski definition) is 4. The van der Waals surface area contributed by atoms with Crippen molar-refractivity contribution >= 4 is 40.7 Å². The van der Waals surface area contributed by atoms with Crippen LogP contribution >= 0.6 is 11.8 Å². The second kappa shape index (κ2) is 4.89. The Bertz CT molecular complexity index is 735. The summed E-state index contributed by atoms with van der Waals surface area (Å²) in [6.07, 6.45) is 0.220. The lowest BCUT2D eigenvalue weighted by molar-refractivity contribution is -0.136. The fraction of sp³-hybridized carbons (Fsp3) is 0.133. The van der Waals surface area contributed by atoms with Crippen LogP contribution < -0.4 is 4.90 Å². The largest absolute Gasteiger partial charge is 0.480 e. The van der Waals surface area contributed by atoms with E-state index >= 15 is 0 Å². The number of nitrogens with zero attached hydrogens (tertiary/aromatic N) is 1. The molecule has 1 aromatic rings. The number of rotatable bonds is 2. The third-order valence-electron chi connectivity index (χ3n) is 3.30. The molecule has 2 aliphatic rings. The summed E-state index contributed by atoms with van der Waals surface area (Å²) >= 11 is 1.20. The second-order valence-electron chi connectivity index (χ2n) is 4.75. The number of carbonyl (C=O) groups excluding carboxylic acids is 2. The molecule has 0 saturated carbocycles. The number of carbonyl (C=O) groups is 3. The van der Waals surface area contributed by atoms with Gasteiger partial charge in [0.05, 0.1) is 16.2 Å². The van der Waals surface area contributed by atoms with E-state index in [4.69, 9.17) is 5.11 Å². The van der Waals surface area contributed by atoms with Gasteiger partial charge in [0.1, 0.15) is 6.54 Å². The normalized spacial score (nSPS) is 21.1. The highest BCUT2D eigenvalue weighted by atomic mass is 32.2. The van der Waals surface area contributed by atoms with Crippen molar-refractivity contribution in [3.05, 3.63) is 46.2 Å². The van der Waals surface area contributed by atoms with Crippen LogP contribution in [-0.4, -0.2) is 29.3 Å². The smallest absolute Gasteiger partial charge is 0.323 e. The van der Waals surface area contributed by atoms with Gasteiger partial charge in [0.25, 0.3) is 5.91 Å². The third-order valence-corrected chi connectivity index (χ3v) is 4.37. The maximum Gasteiger partial charge on any atom is 0.323 e. The van der Waals surface area contributed by atoms with Crippen LogP contribution in [0.4, 0.5) is 5.69 Å². The highest BCUT2D eigenvalue weighted by molar-refractivity contribution is 8.08. The first kappa shape index (κ1) is 13.6. The Kier molecular flexibility index (Phi) is 3.17. The van der Waals surface area contributed by atoms with Crippen LogP contribution in [0, 0.1) is 0 Å². The molecule has 2 heterocycles. The van der Waals surface area contributed by atoms with Crippen molar-refractivity contribution in [2.24, 2.45) is 0 Å². The van der Waals surface area contributed by atoms with E-state index in [1.165, 1.54) is 16.7 Å². The quantitative estimate of drug-likeness (QED) is 0.846. The lowest BCUT2D eigenvalue weighted by Crippen LogP contribution is -2.32. The van der Waals surface area contributed by atoms with Crippen molar-refractivity contribution in [2.75, 3.05) is 11.4 Å². The van der Waals surface area contributed by atoms with Gasteiger partial charge in [0.15, 0.2) is 5.78 Å². The number of aliphatic carboxylic acids is 1. The molecule has 0 aliphatic carbocycles. The van der Waals surface area contributed by atoms with Gasteiger partial charge in [-0.15, -0.1) is 0 Å². The summed E-state index contributed by atoms with van der Waals surface area (Å²) in [7, 11) is 0. The lowest BCUT2D eigenvalue weighted by Gasteiger charge is -2.13. The average Bonchev–Trinajstić information content (AvgIpc) is 2.88. The molecule has 6 heteroatoms. The van der Waals surface area contributed by atoms with Gasteiger partial charge in [0, 0.05) is 12.0 Å². The summed E-state index contributed by atoms with van der Waals surface area (Å²) in [4.78, 5) is 37.8. The minimum Gasteiger partial charge on any atom is -0.480 e. The topological polar surface area (TPSA) is 74.7 Å². The van der Waals surface area contributed by atoms with Gasteiger partial charge in [-0.2, -0.15) is 0 Å². The molecule has 1 amide bonds. The number of carboxylic acid groups (broad SMARTS) is 1. The van der Waals surface area contributed by atoms with Crippen molar-refractivity contribution in [3.63, 3.8) is 0 Å². The van der Waals surface area contributed by atoms with E-state index in [0.717, 1.165) is 0 Å². The van der Waals surface area contributed by atoms with Crippen molar-refractivity contribution in [2.45, 2.75) is 6.42 Å². The molecule has 0 atom stereocenters. The van der Waals surface area contributed by atoms with Gasteiger partial charge in [-0.3, -0.25) is 19.3 Å². The van der Waals surface area contributed by atoms with Gasteiger partial charge in [-0.05, 0) is 11.0 Å². The fourth-order valence-corrected chi connectivity index (χ4v) is 3.46. The monoisotopic (exact) mass is 301 g/mol. The number of benzene rings is 1. The first-order valence-electron chi connectivity index (χ1n) is 6.25. The predicted molar refractivity (Wildman–Crippen MR) is 79.7 cm³/mol. The van der Waals surface area contributed by atoms with Gasteiger partial charge < -0.3 is 5.11 Å². The van der Waals surface area contributed by atoms with Crippen molar-refractivity contribution in [1.29, 1.82) is 0 Å². The SMILES string of the molecule is C=C1CC(=O)/C(=C2/C(=O)N(CC(=O)O)c3ccccc32)S1. The summed E-state index contributed by atoms with van der Waals surface area (Å²) in [5, 5.41) is 8.97. The molecule has 21 heavy (non-hydrogen) atoms. The predicted octanol–water partition coefficient (Wildman–Crippen LogP) is 2.05. The van der Waals surface area contributed by atoms with Crippen LogP contribution in [0.5, 0.6) is 0 Å². The van der Waals surface area contributed by atoms with Crippen LogP contribution in [0.1, 0.15) is 12.0 Å². The fourth-order valence-electron chi connectivity index (χ4n) is 2.48. The number of thioether (sulfide) groups is 1. The summed E-state index contributed by atoms with van der Waals surface area (Å²) in [5.41, 5.74) is 1.42. The summed E-state index contributed by atoms with van der Waals surface area (Å²) in [5.74, 6) is -1.68. The molecule has 1 aromatic carbocycles. The van der Waals surface area contributed by atoms with E-state index in [1.54, 1.807) is 24.3 Å². The van der Waals surface area contributed by atoms with Crippen molar-refractivity contribution < 1.29 is 19.5 Å². The highest BCUT2D eigenvalue weighted by Crippen LogP contribution is 2.46. The molecule has 106 valence electrons. The van der Waals surface area contributed by atoms with E-state index in [-0.39, 0.29) is 12.2 Å². The molecule has 1 N–H and O–H groups in total. The molecule has 0 unspecified atom stereocenters. The molecular weight excluding hydrogens is 290 g/mol. The number of Topliss-reactive ketones (excluding diaryl/α,β-unsaturated/α-hetero) is 1. The van der Waals surface area contributed by atoms with E-state index < -0.39 is 18.4 Å². The number of para-hydroxylation sites is 1. The molecule has 0 bridgehead atoms. The minimum absolute atomic E-state index is 0.139. The third kappa shape index (κ3) is 2.17. The van der Waals surface area contributed by atoms with Crippen LogP contribution in [0.25, 0.3) is 5.57 Å². The molecular formula is C15H11NO4S. The molecule has 3 rings (SSSR count). The number of fused-ring (bicyclic) bond motifs is 1. The van der Waals surface area contributed by atoms with Crippen LogP contribution in [0.15, 0.2) is 40.7 Å². The van der Waals surface area contributed by atoms with Crippen LogP contribution in [0.2, 0.25) is 0 Å². The Morgan fingerprint density at radius 1 is 1.33 bits per heavy atom. The standard InChI is InChI=1S/C15H11NO4S/c1-8-6-11(17)14(21-8)13-9-4-2-3-5-10(9)16(15(13)20)7-12(18)19/h2-5H,1,6-7H2,(H,18,19)/b14-13-. The number of allylic oxidation sites excluding steroid dienone is 2. The van der Waals surface area contributed by atoms with Gasteiger partial charge >= 0.3 is 5.97 Å². The first-order valence-corrected chi connectivity index (χ1v) is 7.07. The Labute approximate surface area is 124 Å². The average molecular weight is 301 g/mol. The van der Waals surface area contributed by atoms with Crippen LogP contribution in [-0.2, 0) is 14.4 Å². The molecule has 1 fully saturated rings. The van der Waals surface area contributed by atoms with E-state index in [2.05, 4.69) is 6.58 Å². The second-order valence-corrected chi connectivity index (χ2v) is 5.94. The van der Waals surface area contributed by atoms with Gasteiger partial charge in [-0.25, -0.2) is 0 Å². The van der Waals surface area contributed by atoms with Gasteiger partial charge in [0.2, 0.25) is 0 Å². The molecule has 1 saturated heterocycles. The number of amides is 1. The Hall–Kier alpha value is -2.34. The number of anilines is 1. The summed E-state index contributed by atoms with van der Waals surface area (Å²) < 4.78 is 0. The Morgan fingerprint density at radius 3 is 2.67 bits per heavy atom. The zero-order chi connectivity index (χ0) is 15.1. The molecule has 2 aliphatic heterocycles. The summed E-state index contributed by atoms with van der Waals surface area (Å²) in [6, 6.07) is 6.90. The zero-order valence-corrected chi connectivity index (χ0v) is 11.8. The molecule has 0 radical (unpaired) electrons. The Morgan fingerprint density at radius 2 is 2.05 bits per heavy atom. The molecule has 0 spiro atoms. The number of hydrogen-bond donors (Lipinski definition) is 1. The first-order chi connectivity index (χ1) is 9.99. The van der Waals surface area contributed by atoms with Crippen LogP contribution in [0.3, 0.4) is 0 Å². The molecule has 5 nitrogen and oxygen atoms in total. The minimum atomic E-state index is -1.10. The molecule has 0 aromatic heterocycles.